The Hall–Kier alpha value is -1.97. The standard InChI is InChI=1S/C22H31FN2O/c1-3-5-6-7-8-9-18-16-24-22(25-17-18)19-10-12-21(13-11-19)26-15-14-20(23)4-2/h10-13,16-17,20H,3-9,14-15H2,1-2H3. The van der Waals surface area contributed by atoms with E-state index >= 15 is 0 Å². The molecule has 26 heavy (non-hydrogen) atoms. The summed E-state index contributed by atoms with van der Waals surface area (Å²) in [5.74, 6) is 1.47. The summed E-state index contributed by atoms with van der Waals surface area (Å²) in [6, 6.07) is 7.67. The number of unbranched alkanes of at least 4 members (excludes halogenated alkanes) is 4. The van der Waals surface area contributed by atoms with Crippen LogP contribution in [0.4, 0.5) is 4.39 Å². The third kappa shape index (κ3) is 7.11. The number of nitrogens with zero attached hydrogens (tertiary/aromatic N) is 2. The molecule has 0 N–H and O–H groups in total. The van der Waals surface area contributed by atoms with Crippen molar-refractivity contribution in [2.45, 2.75) is 71.4 Å². The summed E-state index contributed by atoms with van der Waals surface area (Å²) in [6.07, 6.45) is 11.5. The van der Waals surface area contributed by atoms with Crippen LogP contribution in [-0.2, 0) is 6.42 Å². The monoisotopic (exact) mass is 358 g/mol. The van der Waals surface area contributed by atoms with Gasteiger partial charge in [0.05, 0.1) is 6.61 Å². The molecule has 2 rings (SSSR count). The minimum atomic E-state index is -0.784. The van der Waals surface area contributed by atoms with Gasteiger partial charge in [-0.25, -0.2) is 14.4 Å². The van der Waals surface area contributed by atoms with Crippen LogP contribution >= 0.6 is 0 Å². The molecule has 1 heterocycles. The first-order valence-corrected chi connectivity index (χ1v) is 9.91. The van der Waals surface area contributed by atoms with Crippen molar-refractivity contribution in [3.05, 3.63) is 42.2 Å². The predicted molar refractivity (Wildman–Crippen MR) is 105 cm³/mol. The molecular weight excluding hydrogens is 327 g/mol. The van der Waals surface area contributed by atoms with E-state index in [9.17, 15) is 4.39 Å². The summed E-state index contributed by atoms with van der Waals surface area (Å²) in [7, 11) is 0. The molecule has 3 nitrogen and oxygen atoms in total. The lowest BCUT2D eigenvalue weighted by Crippen LogP contribution is -2.06. The van der Waals surface area contributed by atoms with Crippen molar-refractivity contribution >= 4 is 0 Å². The van der Waals surface area contributed by atoms with Gasteiger partial charge in [0.1, 0.15) is 11.9 Å². The van der Waals surface area contributed by atoms with Crippen molar-refractivity contribution in [3.8, 4) is 17.1 Å². The van der Waals surface area contributed by atoms with Gasteiger partial charge in [-0.15, -0.1) is 0 Å². The zero-order valence-electron chi connectivity index (χ0n) is 16.1. The highest BCUT2D eigenvalue weighted by atomic mass is 19.1. The van der Waals surface area contributed by atoms with Crippen molar-refractivity contribution < 1.29 is 9.13 Å². The second-order valence-electron chi connectivity index (χ2n) is 6.75. The highest BCUT2D eigenvalue weighted by Crippen LogP contribution is 2.20. The molecule has 142 valence electrons. The van der Waals surface area contributed by atoms with E-state index in [2.05, 4.69) is 16.9 Å². The largest absolute Gasteiger partial charge is 0.493 e. The van der Waals surface area contributed by atoms with E-state index in [1.54, 1.807) is 0 Å². The van der Waals surface area contributed by atoms with Gasteiger partial charge in [-0.2, -0.15) is 0 Å². The van der Waals surface area contributed by atoms with Gasteiger partial charge in [0, 0.05) is 24.4 Å². The number of alkyl halides is 1. The van der Waals surface area contributed by atoms with Crippen LogP contribution in [0.3, 0.4) is 0 Å². The first-order valence-electron chi connectivity index (χ1n) is 9.91. The molecule has 0 saturated heterocycles. The molecule has 0 spiro atoms. The average molecular weight is 359 g/mol. The van der Waals surface area contributed by atoms with Crippen LogP contribution in [0.25, 0.3) is 11.4 Å². The lowest BCUT2D eigenvalue weighted by Gasteiger charge is -2.09. The van der Waals surface area contributed by atoms with Crippen LogP contribution in [0, 0.1) is 0 Å². The second-order valence-corrected chi connectivity index (χ2v) is 6.75. The molecular formula is C22H31FN2O. The fourth-order valence-electron chi connectivity index (χ4n) is 2.77. The molecule has 0 bridgehead atoms. The predicted octanol–water partition coefficient (Wildman–Crippen LogP) is 6.17. The molecule has 0 amide bonds. The molecule has 0 aliphatic carbocycles. The van der Waals surface area contributed by atoms with Crippen molar-refractivity contribution in [1.82, 2.24) is 9.97 Å². The third-order valence-corrected chi connectivity index (χ3v) is 4.53. The quantitative estimate of drug-likeness (QED) is 0.425. The van der Waals surface area contributed by atoms with Crippen molar-refractivity contribution in [2.24, 2.45) is 0 Å². The fourth-order valence-corrected chi connectivity index (χ4v) is 2.77. The number of hydrogen-bond donors (Lipinski definition) is 0. The Labute approximate surface area is 157 Å². The summed E-state index contributed by atoms with van der Waals surface area (Å²) in [5.41, 5.74) is 2.16. The Morgan fingerprint density at radius 1 is 0.962 bits per heavy atom. The van der Waals surface area contributed by atoms with E-state index in [0.717, 1.165) is 23.6 Å². The highest BCUT2D eigenvalue weighted by molar-refractivity contribution is 5.55. The number of rotatable bonds is 12. The Morgan fingerprint density at radius 2 is 1.65 bits per heavy atom. The van der Waals surface area contributed by atoms with E-state index in [4.69, 9.17) is 4.74 Å². The van der Waals surface area contributed by atoms with Gasteiger partial charge in [0.2, 0.25) is 0 Å². The van der Waals surface area contributed by atoms with Crippen molar-refractivity contribution in [2.75, 3.05) is 6.61 Å². The summed E-state index contributed by atoms with van der Waals surface area (Å²) in [4.78, 5) is 8.98. The lowest BCUT2D eigenvalue weighted by atomic mass is 10.1. The van der Waals surface area contributed by atoms with Crippen LogP contribution < -0.4 is 4.74 Å². The molecule has 0 fully saturated rings. The minimum Gasteiger partial charge on any atom is -0.493 e. The van der Waals surface area contributed by atoms with E-state index in [0.29, 0.717) is 19.4 Å². The molecule has 0 saturated carbocycles. The number of aromatic nitrogens is 2. The number of aryl methyl sites for hydroxylation is 1. The zero-order valence-corrected chi connectivity index (χ0v) is 16.1. The Kier molecular flexibility index (Phi) is 9.08. The minimum absolute atomic E-state index is 0.401. The van der Waals surface area contributed by atoms with Gasteiger partial charge in [-0.3, -0.25) is 0 Å². The maximum absolute atomic E-state index is 13.2. The van der Waals surface area contributed by atoms with Crippen LogP contribution in [0.2, 0.25) is 0 Å². The molecule has 2 aromatic rings. The zero-order chi connectivity index (χ0) is 18.6. The first kappa shape index (κ1) is 20.3. The number of ether oxygens (including phenoxy) is 1. The fraction of sp³-hybridized carbons (Fsp3) is 0.545. The second kappa shape index (κ2) is 11.6. The van der Waals surface area contributed by atoms with Crippen molar-refractivity contribution in [1.29, 1.82) is 0 Å². The van der Waals surface area contributed by atoms with E-state index < -0.39 is 6.17 Å². The molecule has 1 aromatic carbocycles. The highest BCUT2D eigenvalue weighted by Gasteiger charge is 2.05. The maximum atomic E-state index is 13.2. The van der Waals surface area contributed by atoms with E-state index in [1.165, 1.54) is 37.7 Å². The first-order chi connectivity index (χ1) is 12.7. The number of halogens is 1. The van der Waals surface area contributed by atoms with Crippen molar-refractivity contribution in [3.63, 3.8) is 0 Å². The summed E-state index contributed by atoms with van der Waals surface area (Å²) in [6.45, 7) is 4.48. The normalized spacial score (nSPS) is 12.1. The Bertz CT molecular complexity index is 613. The van der Waals surface area contributed by atoms with Gasteiger partial charge in [0.25, 0.3) is 0 Å². The molecule has 4 heteroatoms. The van der Waals surface area contributed by atoms with Crippen LogP contribution in [0.1, 0.15) is 64.4 Å². The average Bonchev–Trinajstić information content (AvgIpc) is 2.69. The van der Waals surface area contributed by atoms with Crippen LogP contribution in [-0.4, -0.2) is 22.7 Å². The lowest BCUT2D eigenvalue weighted by molar-refractivity contribution is 0.231. The molecule has 0 aliphatic rings. The third-order valence-electron chi connectivity index (χ3n) is 4.53. The molecule has 1 unspecified atom stereocenters. The number of hydrogen-bond acceptors (Lipinski definition) is 3. The Balaban J connectivity index is 1.81. The molecule has 0 radical (unpaired) electrons. The SMILES string of the molecule is CCCCCCCc1cnc(-c2ccc(OCCC(F)CC)cc2)nc1. The maximum Gasteiger partial charge on any atom is 0.159 e. The Morgan fingerprint density at radius 3 is 2.31 bits per heavy atom. The van der Waals surface area contributed by atoms with E-state index in [1.807, 2.05) is 43.6 Å². The summed E-state index contributed by atoms with van der Waals surface area (Å²) >= 11 is 0. The topological polar surface area (TPSA) is 35.0 Å². The summed E-state index contributed by atoms with van der Waals surface area (Å²) in [5, 5.41) is 0. The molecule has 1 aromatic heterocycles. The van der Waals surface area contributed by atoms with Gasteiger partial charge in [0.15, 0.2) is 5.82 Å². The summed E-state index contributed by atoms with van der Waals surface area (Å²) < 4.78 is 18.8. The smallest absolute Gasteiger partial charge is 0.159 e. The van der Waals surface area contributed by atoms with E-state index in [-0.39, 0.29) is 0 Å². The van der Waals surface area contributed by atoms with Gasteiger partial charge >= 0.3 is 0 Å². The van der Waals surface area contributed by atoms with Crippen LogP contribution in [0.5, 0.6) is 5.75 Å². The van der Waals surface area contributed by atoms with Crippen LogP contribution in [0.15, 0.2) is 36.7 Å². The van der Waals surface area contributed by atoms with Gasteiger partial charge in [-0.1, -0.05) is 39.5 Å². The van der Waals surface area contributed by atoms with Gasteiger partial charge < -0.3 is 4.74 Å². The number of benzene rings is 1. The molecule has 1 atom stereocenters. The van der Waals surface area contributed by atoms with Gasteiger partial charge in [-0.05, 0) is 49.1 Å². The molecule has 0 aliphatic heterocycles.